The Labute approximate surface area is 124 Å². The topological polar surface area (TPSA) is 80.0 Å². The van der Waals surface area contributed by atoms with E-state index in [1.807, 2.05) is 38.1 Å². The van der Waals surface area contributed by atoms with Crippen molar-refractivity contribution in [1.82, 2.24) is 10.3 Å². The lowest BCUT2D eigenvalue weighted by molar-refractivity contribution is 0.0950. The minimum atomic E-state index is -0.135. The summed E-state index contributed by atoms with van der Waals surface area (Å²) in [5.41, 5.74) is 6.13. The van der Waals surface area contributed by atoms with E-state index in [1.165, 1.54) is 5.56 Å². The molecular formula is C16H20N4O. The van der Waals surface area contributed by atoms with E-state index in [1.54, 1.807) is 12.1 Å². The van der Waals surface area contributed by atoms with Crippen LogP contribution in [0.1, 0.15) is 34.1 Å². The number of hydrazine groups is 1. The molecule has 0 radical (unpaired) electrons. The number of anilines is 1. The number of nitrogens with two attached hydrogens (primary N) is 1. The molecule has 5 nitrogen and oxygen atoms in total. The lowest BCUT2D eigenvalue weighted by Gasteiger charge is -2.09. The van der Waals surface area contributed by atoms with Crippen molar-refractivity contribution >= 4 is 11.7 Å². The monoisotopic (exact) mass is 284 g/mol. The van der Waals surface area contributed by atoms with E-state index >= 15 is 0 Å². The Kier molecular flexibility index (Phi) is 4.90. The number of pyridine rings is 1. The van der Waals surface area contributed by atoms with Crippen molar-refractivity contribution in [2.24, 2.45) is 5.84 Å². The van der Waals surface area contributed by atoms with Crippen molar-refractivity contribution in [2.75, 3.05) is 5.43 Å². The number of hydrogen-bond acceptors (Lipinski definition) is 4. The van der Waals surface area contributed by atoms with Crippen LogP contribution in [0, 0.1) is 6.92 Å². The summed E-state index contributed by atoms with van der Waals surface area (Å²) in [5.74, 6) is 5.74. The molecule has 0 aliphatic heterocycles. The highest BCUT2D eigenvalue weighted by atomic mass is 16.1. The highest BCUT2D eigenvalue weighted by molar-refractivity contribution is 5.94. The molecule has 1 aromatic heterocycles. The smallest absolute Gasteiger partial charge is 0.251 e. The molecule has 0 atom stereocenters. The van der Waals surface area contributed by atoms with Crippen LogP contribution in [0.25, 0.3) is 0 Å². The van der Waals surface area contributed by atoms with E-state index in [-0.39, 0.29) is 5.91 Å². The molecule has 0 fully saturated rings. The number of rotatable bonds is 5. The van der Waals surface area contributed by atoms with Crippen LogP contribution in [0.3, 0.4) is 0 Å². The van der Waals surface area contributed by atoms with Gasteiger partial charge in [0.25, 0.3) is 5.91 Å². The van der Waals surface area contributed by atoms with Crippen LogP contribution in [-0.4, -0.2) is 10.9 Å². The largest absolute Gasteiger partial charge is 0.348 e. The molecule has 1 aromatic carbocycles. The average Bonchev–Trinajstić information content (AvgIpc) is 2.53. The van der Waals surface area contributed by atoms with Crippen LogP contribution < -0.4 is 16.6 Å². The minimum Gasteiger partial charge on any atom is -0.348 e. The molecule has 0 aliphatic carbocycles. The third kappa shape index (κ3) is 4.03. The van der Waals surface area contributed by atoms with Crippen molar-refractivity contribution < 1.29 is 4.79 Å². The quantitative estimate of drug-likeness (QED) is 0.580. The number of carbonyl (C=O) groups excluding carboxylic acids is 1. The maximum absolute atomic E-state index is 12.2. The fourth-order valence-electron chi connectivity index (χ4n) is 1.96. The normalized spacial score (nSPS) is 10.2. The summed E-state index contributed by atoms with van der Waals surface area (Å²) in [4.78, 5) is 16.5. The molecule has 1 heterocycles. The average molecular weight is 284 g/mol. The number of amides is 1. The summed E-state index contributed by atoms with van der Waals surface area (Å²) in [6, 6.07) is 11.5. The van der Waals surface area contributed by atoms with Gasteiger partial charge in [-0.05, 0) is 31.0 Å². The summed E-state index contributed by atoms with van der Waals surface area (Å²) >= 11 is 0. The number of nitrogens with one attached hydrogen (secondary N) is 2. The van der Waals surface area contributed by atoms with Gasteiger partial charge in [0.1, 0.15) is 5.82 Å². The Hall–Kier alpha value is -2.40. The van der Waals surface area contributed by atoms with Crippen LogP contribution in [0.15, 0.2) is 36.4 Å². The van der Waals surface area contributed by atoms with Crippen LogP contribution in [0.4, 0.5) is 5.82 Å². The van der Waals surface area contributed by atoms with Crippen molar-refractivity contribution in [3.8, 4) is 0 Å². The molecule has 110 valence electrons. The lowest BCUT2D eigenvalue weighted by Crippen LogP contribution is -2.23. The molecule has 4 N–H and O–H groups in total. The predicted octanol–water partition coefficient (Wildman–Crippen LogP) is 2.17. The lowest BCUT2D eigenvalue weighted by atomic mass is 10.1. The molecule has 0 saturated heterocycles. The zero-order valence-electron chi connectivity index (χ0n) is 12.3. The molecule has 1 amide bonds. The molecule has 2 rings (SSSR count). The van der Waals surface area contributed by atoms with Gasteiger partial charge in [0.2, 0.25) is 0 Å². The molecule has 0 unspecified atom stereocenters. The fourth-order valence-corrected chi connectivity index (χ4v) is 1.96. The summed E-state index contributed by atoms with van der Waals surface area (Å²) in [5, 5.41) is 2.90. The van der Waals surface area contributed by atoms with Crippen LogP contribution in [0.5, 0.6) is 0 Å². The minimum absolute atomic E-state index is 0.135. The second-order valence-corrected chi connectivity index (χ2v) is 4.90. The van der Waals surface area contributed by atoms with Crippen molar-refractivity contribution in [3.63, 3.8) is 0 Å². The number of aromatic nitrogens is 1. The van der Waals surface area contributed by atoms with Crippen molar-refractivity contribution in [1.29, 1.82) is 0 Å². The Morgan fingerprint density at radius 3 is 2.57 bits per heavy atom. The van der Waals surface area contributed by atoms with E-state index in [4.69, 9.17) is 5.84 Å². The first kappa shape index (κ1) is 15.0. The molecule has 0 saturated carbocycles. The van der Waals surface area contributed by atoms with E-state index in [2.05, 4.69) is 15.7 Å². The second kappa shape index (κ2) is 6.85. The van der Waals surface area contributed by atoms with Gasteiger partial charge in [-0.1, -0.05) is 36.8 Å². The maximum atomic E-state index is 12.2. The van der Waals surface area contributed by atoms with Gasteiger partial charge < -0.3 is 10.7 Å². The van der Waals surface area contributed by atoms with Crippen LogP contribution >= 0.6 is 0 Å². The van der Waals surface area contributed by atoms with E-state index in [9.17, 15) is 4.79 Å². The zero-order valence-corrected chi connectivity index (χ0v) is 12.3. The molecule has 21 heavy (non-hydrogen) atoms. The highest BCUT2D eigenvalue weighted by Gasteiger charge is 2.09. The first-order valence-electron chi connectivity index (χ1n) is 6.93. The Morgan fingerprint density at radius 2 is 1.95 bits per heavy atom. The fraction of sp³-hybridized carbons (Fsp3) is 0.250. The molecule has 0 spiro atoms. The number of hydrogen-bond donors (Lipinski definition) is 3. The van der Waals surface area contributed by atoms with Crippen molar-refractivity contribution in [3.05, 3.63) is 58.8 Å². The highest BCUT2D eigenvalue weighted by Crippen LogP contribution is 2.11. The third-order valence-electron chi connectivity index (χ3n) is 3.22. The Morgan fingerprint density at radius 1 is 1.24 bits per heavy atom. The standard InChI is InChI=1S/C16H20N4O/c1-3-14-8-13(9-15(19-14)20-17)16(21)18-10-12-6-4-11(2)5-7-12/h4-9H,3,10,17H2,1-2H3,(H,18,21)(H,19,20). The van der Waals surface area contributed by atoms with Gasteiger partial charge in [-0.25, -0.2) is 10.8 Å². The van der Waals surface area contributed by atoms with Crippen LogP contribution in [0.2, 0.25) is 0 Å². The van der Waals surface area contributed by atoms with Gasteiger partial charge in [0.15, 0.2) is 0 Å². The van der Waals surface area contributed by atoms with Gasteiger partial charge in [-0.3, -0.25) is 4.79 Å². The predicted molar refractivity (Wildman–Crippen MR) is 83.8 cm³/mol. The Balaban J connectivity index is 2.07. The summed E-state index contributed by atoms with van der Waals surface area (Å²) in [6.07, 6.45) is 0.744. The zero-order chi connectivity index (χ0) is 15.2. The first-order chi connectivity index (χ1) is 10.1. The van der Waals surface area contributed by atoms with E-state index in [0.29, 0.717) is 17.9 Å². The van der Waals surface area contributed by atoms with Crippen LogP contribution in [-0.2, 0) is 13.0 Å². The van der Waals surface area contributed by atoms with E-state index < -0.39 is 0 Å². The maximum Gasteiger partial charge on any atom is 0.251 e. The van der Waals surface area contributed by atoms with Gasteiger partial charge in [-0.15, -0.1) is 0 Å². The second-order valence-electron chi connectivity index (χ2n) is 4.90. The van der Waals surface area contributed by atoms with Gasteiger partial charge >= 0.3 is 0 Å². The summed E-state index contributed by atoms with van der Waals surface area (Å²) in [6.45, 7) is 4.51. The van der Waals surface area contributed by atoms with Gasteiger partial charge in [-0.2, -0.15) is 0 Å². The number of carbonyl (C=O) groups is 1. The number of nitrogen functional groups attached to an aromatic ring is 1. The molecule has 5 heteroatoms. The van der Waals surface area contributed by atoms with Crippen molar-refractivity contribution in [2.45, 2.75) is 26.8 Å². The first-order valence-corrected chi connectivity index (χ1v) is 6.93. The number of aryl methyl sites for hydroxylation is 2. The molecule has 2 aromatic rings. The van der Waals surface area contributed by atoms with Gasteiger partial charge in [0, 0.05) is 17.8 Å². The summed E-state index contributed by atoms with van der Waals surface area (Å²) < 4.78 is 0. The van der Waals surface area contributed by atoms with Gasteiger partial charge in [0.05, 0.1) is 0 Å². The molecule has 0 aliphatic rings. The number of nitrogens with zero attached hydrogens (tertiary/aromatic N) is 1. The molecule has 0 bridgehead atoms. The SMILES string of the molecule is CCc1cc(C(=O)NCc2ccc(C)cc2)cc(NN)n1. The third-order valence-corrected chi connectivity index (χ3v) is 3.22. The number of benzene rings is 1. The van der Waals surface area contributed by atoms with E-state index in [0.717, 1.165) is 17.7 Å². The Bertz CT molecular complexity index is 600. The summed E-state index contributed by atoms with van der Waals surface area (Å²) in [7, 11) is 0. The molecular weight excluding hydrogens is 264 g/mol.